The molecular formula is C9H12O3S2. The largest absolute Gasteiger partial charge is 0.384 e. The van der Waals surface area contributed by atoms with Gasteiger partial charge >= 0.3 is 0 Å². The lowest BCUT2D eigenvalue weighted by atomic mass is 9.96. The number of hydrogen-bond donors (Lipinski definition) is 1. The highest BCUT2D eigenvalue weighted by molar-refractivity contribution is 7.91. The highest BCUT2D eigenvalue weighted by atomic mass is 32.2. The fraction of sp³-hybridized carbons (Fsp3) is 0.556. The lowest BCUT2D eigenvalue weighted by Gasteiger charge is -2.18. The summed E-state index contributed by atoms with van der Waals surface area (Å²) in [6, 6.07) is 1.87. The van der Waals surface area contributed by atoms with Crippen molar-refractivity contribution in [3.05, 3.63) is 21.9 Å². The Morgan fingerprint density at radius 2 is 2.29 bits per heavy atom. The zero-order chi connectivity index (χ0) is 10.4. The molecular weight excluding hydrogens is 220 g/mol. The van der Waals surface area contributed by atoms with Gasteiger partial charge in [-0.25, -0.2) is 8.42 Å². The number of aryl methyl sites for hydroxylation is 1. The van der Waals surface area contributed by atoms with Crippen molar-refractivity contribution in [1.29, 1.82) is 0 Å². The van der Waals surface area contributed by atoms with Crippen molar-refractivity contribution in [2.24, 2.45) is 0 Å². The SMILES string of the molecule is Cc1cc(C2(O)CCS(=O)(=O)C2)cs1. The third-order valence-electron chi connectivity index (χ3n) is 2.55. The van der Waals surface area contributed by atoms with Crippen molar-refractivity contribution < 1.29 is 13.5 Å². The van der Waals surface area contributed by atoms with Crippen molar-refractivity contribution in [1.82, 2.24) is 0 Å². The monoisotopic (exact) mass is 232 g/mol. The summed E-state index contributed by atoms with van der Waals surface area (Å²) >= 11 is 1.54. The Kier molecular flexibility index (Phi) is 2.21. The fourth-order valence-electron chi connectivity index (χ4n) is 1.75. The van der Waals surface area contributed by atoms with Crippen molar-refractivity contribution in [3.8, 4) is 0 Å². The molecule has 5 heteroatoms. The van der Waals surface area contributed by atoms with E-state index in [-0.39, 0.29) is 11.5 Å². The molecule has 1 atom stereocenters. The molecule has 0 bridgehead atoms. The van der Waals surface area contributed by atoms with Gasteiger partial charge in [-0.2, -0.15) is 0 Å². The van der Waals surface area contributed by atoms with Gasteiger partial charge < -0.3 is 5.11 Å². The summed E-state index contributed by atoms with van der Waals surface area (Å²) in [6.45, 7) is 1.95. The Hall–Kier alpha value is -0.390. The predicted octanol–water partition coefficient (Wildman–Crippen LogP) is 1.06. The van der Waals surface area contributed by atoms with E-state index in [9.17, 15) is 13.5 Å². The van der Waals surface area contributed by atoms with Gasteiger partial charge in [-0.1, -0.05) is 0 Å². The van der Waals surface area contributed by atoms with Crippen LogP contribution in [0.4, 0.5) is 0 Å². The normalized spacial score (nSPS) is 30.7. The zero-order valence-electron chi connectivity index (χ0n) is 7.86. The molecule has 14 heavy (non-hydrogen) atoms. The van der Waals surface area contributed by atoms with Gasteiger partial charge in [-0.3, -0.25) is 0 Å². The van der Waals surface area contributed by atoms with E-state index in [4.69, 9.17) is 0 Å². The van der Waals surface area contributed by atoms with Crippen molar-refractivity contribution in [2.45, 2.75) is 18.9 Å². The molecule has 0 aromatic carbocycles. The molecule has 3 nitrogen and oxygen atoms in total. The minimum atomic E-state index is -3.04. The predicted molar refractivity (Wildman–Crippen MR) is 56.2 cm³/mol. The van der Waals surface area contributed by atoms with E-state index in [0.717, 1.165) is 10.4 Å². The minimum absolute atomic E-state index is 0.0956. The third kappa shape index (κ3) is 1.71. The van der Waals surface area contributed by atoms with Gasteiger partial charge in [0.05, 0.1) is 11.5 Å². The number of sulfone groups is 1. The van der Waals surface area contributed by atoms with Gasteiger partial charge in [0.2, 0.25) is 0 Å². The second-order valence-electron chi connectivity index (χ2n) is 3.82. The molecule has 0 saturated carbocycles. The van der Waals surface area contributed by atoms with Crippen LogP contribution >= 0.6 is 11.3 Å². The van der Waals surface area contributed by atoms with E-state index in [1.807, 2.05) is 18.4 Å². The lowest BCUT2D eigenvalue weighted by molar-refractivity contribution is 0.0657. The molecule has 0 spiro atoms. The molecule has 1 aromatic heterocycles. The zero-order valence-corrected chi connectivity index (χ0v) is 9.49. The first-order valence-corrected chi connectivity index (χ1v) is 7.10. The second kappa shape index (κ2) is 3.05. The highest BCUT2D eigenvalue weighted by Crippen LogP contribution is 2.35. The molecule has 0 radical (unpaired) electrons. The quantitative estimate of drug-likeness (QED) is 0.788. The van der Waals surface area contributed by atoms with Gasteiger partial charge in [0.25, 0.3) is 0 Å². The molecule has 1 fully saturated rings. The van der Waals surface area contributed by atoms with E-state index < -0.39 is 15.4 Å². The summed E-state index contributed by atoms with van der Waals surface area (Å²) in [4.78, 5) is 1.10. The first kappa shape index (κ1) is 10.1. The molecule has 1 aliphatic heterocycles. The molecule has 1 unspecified atom stereocenters. The summed E-state index contributed by atoms with van der Waals surface area (Å²) in [6.07, 6.45) is 0.325. The van der Waals surface area contributed by atoms with Crippen LogP contribution in [0.1, 0.15) is 16.9 Å². The topological polar surface area (TPSA) is 54.4 Å². The molecule has 1 aromatic rings. The second-order valence-corrected chi connectivity index (χ2v) is 7.12. The Morgan fingerprint density at radius 1 is 1.57 bits per heavy atom. The minimum Gasteiger partial charge on any atom is -0.384 e. The van der Waals surface area contributed by atoms with E-state index in [1.165, 1.54) is 11.3 Å². The average molecular weight is 232 g/mol. The standard InChI is InChI=1S/C9H12O3S2/c1-7-4-8(5-13-7)9(10)2-3-14(11,12)6-9/h4-5,10H,2-3,6H2,1H3. The molecule has 1 aliphatic rings. The lowest BCUT2D eigenvalue weighted by Crippen LogP contribution is -2.26. The van der Waals surface area contributed by atoms with Crippen LogP contribution < -0.4 is 0 Å². The number of aliphatic hydroxyl groups is 1. The molecule has 78 valence electrons. The van der Waals surface area contributed by atoms with Crippen molar-refractivity contribution in [2.75, 3.05) is 11.5 Å². The summed E-state index contributed by atoms with van der Waals surface area (Å²) < 4.78 is 22.5. The van der Waals surface area contributed by atoms with E-state index >= 15 is 0 Å². The van der Waals surface area contributed by atoms with Crippen LogP contribution in [-0.2, 0) is 15.4 Å². The molecule has 0 aliphatic carbocycles. The van der Waals surface area contributed by atoms with Crippen LogP contribution in [0.3, 0.4) is 0 Å². The maximum atomic E-state index is 11.3. The van der Waals surface area contributed by atoms with Crippen LogP contribution in [0.15, 0.2) is 11.4 Å². The molecule has 1 N–H and O–H groups in total. The summed E-state index contributed by atoms with van der Waals surface area (Å²) in [5.74, 6) is -0.0332. The molecule has 1 saturated heterocycles. The number of hydrogen-bond acceptors (Lipinski definition) is 4. The number of thiophene rings is 1. The highest BCUT2D eigenvalue weighted by Gasteiger charge is 2.42. The molecule has 2 rings (SSSR count). The molecule has 0 amide bonds. The van der Waals surface area contributed by atoms with Crippen molar-refractivity contribution in [3.63, 3.8) is 0 Å². The van der Waals surface area contributed by atoms with E-state index in [1.54, 1.807) is 0 Å². The van der Waals surface area contributed by atoms with Crippen LogP contribution in [0.2, 0.25) is 0 Å². The molecule has 2 heterocycles. The maximum Gasteiger partial charge on any atom is 0.153 e. The Bertz CT molecular complexity index is 446. The fourth-order valence-corrected chi connectivity index (χ4v) is 4.37. The Labute approximate surface area is 87.3 Å². The van der Waals surface area contributed by atoms with E-state index in [0.29, 0.717) is 6.42 Å². The van der Waals surface area contributed by atoms with Crippen LogP contribution in [-0.4, -0.2) is 25.0 Å². The van der Waals surface area contributed by atoms with Gasteiger partial charge in [-0.05, 0) is 30.4 Å². The first-order valence-electron chi connectivity index (χ1n) is 4.40. The average Bonchev–Trinajstić information content (AvgIpc) is 2.57. The van der Waals surface area contributed by atoms with Gasteiger partial charge in [0, 0.05) is 4.88 Å². The first-order chi connectivity index (χ1) is 6.41. The van der Waals surface area contributed by atoms with Crippen LogP contribution in [0, 0.1) is 6.92 Å². The van der Waals surface area contributed by atoms with Gasteiger partial charge in [-0.15, -0.1) is 11.3 Å². The van der Waals surface area contributed by atoms with Gasteiger partial charge in [0.1, 0.15) is 5.60 Å². The van der Waals surface area contributed by atoms with E-state index in [2.05, 4.69) is 0 Å². The summed E-state index contributed by atoms with van der Waals surface area (Å²) in [7, 11) is -3.04. The number of rotatable bonds is 1. The summed E-state index contributed by atoms with van der Waals surface area (Å²) in [5, 5.41) is 12.0. The van der Waals surface area contributed by atoms with Crippen LogP contribution in [0.25, 0.3) is 0 Å². The Morgan fingerprint density at radius 3 is 2.71 bits per heavy atom. The van der Waals surface area contributed by atoms with Crippen molar-refractivity contribution >= 4 is 21.2 Å². The van der Waals surface area contributed by atoms with Gasteiger partial charge in [0.15, 0.2) is 9.84 Å². The summed E-state index contributed by atoms with van der Waals surface area (Å²) in [5.41, 5.74) is -0.384. The Balaban J connectivity index is 2.36. The smallest absolute Gasteiger partial charge is 0.153 e. The third-order valence-corrected chi connectivity index (χ3v) is 5.16. The van der Waals surface area contributed by atoms with Crippen LogP contribution in [0.5, 0.6) is 0 Å². The maximum absolute atomic E-state index is 11.3.